The van der Waals surface area contributed by atoms with Crippen LogP contribution in [0.5, 0.6) is 0 Å². The number of benzene rings is 2. The van der Waals surface area contributed by atoms with Crippen LogP contribution < -0.4 is 5.32 Å². The summed E-state index contributed by atoms with van der Waals surface area (Å²) in [6, 6.07) is 8.54. The van der Waals surface area contributed by atoms with Crippen molar-refractivity contribution < 1.29 is 22.0 Å². The molecule has 1 unspecified atom stereocenters. The minimum absolute atomic E-state index is 0.0545. The van der Waals surface area contributed by atoms with E-state index in [9.17, 15) is 22.0 Å². The van der Waals surface area contributed by atoms with E-state index in [0.717, 1.165) is 22.5 Å². The van der Waals surface area contributed by atoms with Crippen LogP contribution in [0.25, 0.3) is 0 Å². The van der Waals surface area contributed by atoms with E-state index < -0.39 is 33.6 Å². The van der Waals surface area contributed by atoms with Crippen molar-refractivity contribution in [2.24, 2.45) is 0 Å². The van der Waals surface area contributed by atoms with Gasteiger partial charge < -0.3 is 5.32 Å². The molecular weight excluding hydrogens is 388 g/mol. The quantitative estimate of drug-likeness (QED) is 0.761. The average molecular weight is 411 g/mol. The smallest absolute Gasteiger partial charge is 0.242 e. The monoisotopic (exact) mass is 411 g/mol. The predicted octanol–water partition coefficient (Wildman–Crippen LogP) is 2.85. The molecule has 2 aromatic carbocycles. The number of halogens is 2. The van der Waals surface area contributed by atoms with E-state index in [-0.39, 0.29) is 17.0 Å². The van der Waals surface area contributed by atoms with Gasteiger partial charge in [-0.1, -0.05) is 6.07 Å². The summed E-state index contributed by atoms with van der Waals surface area (Å²) in [7, 11) is 0.829. The topological polar surface area (TPSA) is 69.7 Å². The van der Waals surface area contributed by atoms with Gasteiger partial charge in [-0.3, -0.25) is 9.69 Å². The van der Waals surface area contributed by atoms with Gasteiger partial charge in [0.1, 0.15) is 11.6 Å². The fourth-order valence-corrected chi connectivity index (χ4v) is 3.53. The molecule has 0 spiro atoms. The van der Waals surface area contributed by atoms with Crippen molar-refractivity contribution in [2.75, 3.05) is 33.0 Å². The standard InChI is InChI=1S/C19H23F2N3O3S/c1-13(17-10-14(20)8-9-18(17)21)24(4)12-19(25)22-15-6-5-7-16(11-15)28(26,27)23(2)3/h5-11,13H,12H2,1-4H3,(H,22,25). The molecule has 0 saturated heterocycles. The Bertz CT molecular complexity index is 965. The molecule has 1 atom stereocenters. The van der Waals surface area contributed by atoms with Crippen molar-refractivity contribution in [1.29, 1.82) is 0 Å². The molecule has 9 heteroatoms. The second-order valence-electron chi connectivity index (χ2n) is 6.62. The highest BCUT2D eigenvalue weighted by atomic mass is 32.2. The number of hydrogen-bond donors (Lipinski definition) is 1. The summed E-state index contributed by atoms with van der Waals surface area (Å²) in [6.07, 6.45) is 0. The Hall–Kier alpha value is -2.36. The second kappa shape index (κ2) is 8.76. The normalized spacial score (nSPS) is 13.0. The predicted molar refractivity (Wildman–Crippen MR) is 103 cm³/mol. The Morgan fingerprint density at radius 3 is 2.43 bits per heavy atom. The number of sulfonamides is 1. The summed E-state index contributed by atoms with van der Waals surface area (Å²) in [5.74, 6) is -1.52. The van der Waals surface area contributed by atoms with E-state index in [1.165, 1.54) is 32.3 Å². The third-order valence-corrected chi connectivity index (χ3v) is 6.17. The molecule has 28 heavy (non-hydrogen) atoms. The average Bonchev–Trinajstić information content (AvgIpc) is 2.63. The van der Waals surface area contributed by atoms with Crippen LogP contribution in [0.2, 0.25) is 0 Å². The number of anilines is 1. The van der Waals surface area contributed by atoms with Crippen LogP contribution in [0.3, 0.4) is 0 Å². The van der Waals surface area contributed by atoms with Crippen LogP contribution in [0.1, 0.15) is 18.5 Å². The molecule has 152 valence electrons. The van der Waals surface area contributed by atoms with Crippen LogP contribution in [0, 0.1) is 11.6 Å². The van der Waals surface area contributed by atoms with Crippen molar-refractivity contribution in [3.8, 4) is 0 Å². The molecule has 2 rings (SSSR count). The van der Waals surface area contributed by atoms with Crippen molar-refractivity contribution >= 4 is 21.6 Å². The van der Waals surface area contributed by atoms with Crippen molar-refractivity contribution in [3.05, 3.63) is 59.7 Å². The van der Waals surface area contributed by atoms with Crippen LogP contribution in [0.4, 0.5) is 14.5 Å². The lowest BCUT2D eigenvalue weighted by molar-refractivity contribution is -0.117. The lowest BCUT2D eigenvalue weighted by Crippen LogP contribution is -2.32. The Labute approximate surface area is 163 Å². The molecule has 0 aliphatic rings. The molecular formula is C19H23F2N3O3S. The fraction of sp³-hybridized carbons (Fsp3) is 0.316. The molecule has 0 fully saturated rings. The van der Waals surface area contributed by atoms with Gasteiger partial charge in [-0.25, -0.2) is 21.5 Å². The van der Waals surface area contributed by atoms with E-state index in [0.29, 0.717) is 5.69 Å². The van der Waals surface area contributed by atoms with Crippen LogP contribution in [-0.4, -0.2) is 51.2 Å². The van der Waals surface area contributed by atoms with E-state index in [4.69, 9.17) is 0 Å². The summed E-state index contributed by atoms with van der Waals surface area (Å²) in [6.45, 7) is 1.57. The van der Waals surface area contributed by atoms with E-state index in [1.807, 2.05) is 0 Å². The maximum atomic E-state index is 13.9. The summed E-state index contributed by atoms with van der Waals surface area (Å²) in [4.78, 5) is 13.9. The molecule has 0 radical (unpaired) electrons. The number of nitrogens with zero attached hydrogens (tertiary/aromatic N) is 2. The number of rotatable bonds is 7. The van der Waals surface area contributed by atoms with Gasteiger partial charge in [-0.05, 0) is 50.4 Å². The Kier molecular flexibility index (Phi) is 6.87. The maximum absolute atomic E-state index is 13.9. The molecule has 0 saturated carbocycles. The molecule has 2 aromatic rings. The van der Waals surface area contributed by atoms with Gasteiger partial charge in [0.25, 0.3) is 0 Å². The molecule has 0 heterocycles. The van der Waals surface area contributed by atoms with Gasteiger partial charge in [0, 0.05) is 31.4 Å². The maximum Gasteiger partial charge on any atom is 0.242 e. The van der Waals surface area contributed by atoms with Gasteiger partial charge in [0.15, 0.2) is 0 Å². The van der Waals surface area contributed by atoms with Gasteiger partial charge in [0.2, 0.25) is 15.9 Å². The summed E-state index contributed by atoms with van der Waals surface area (Å²) >= 11 is 0. The number of amides is 1. The first-order valence-corrected chi connectivity index (χ1v) is 9.94. The van der Waals surface area contributed by atoms with Crippen molar-refractivity contribution in [3.63, 3.8) is 0 Å². The summed E-state index contributed by atoms with van der Waals surface area (Å²) in [5, 5.41) is 2.63. The molecule has 0 aromatic heterocycles. The van der Waals surface area contributed by atoms with Gasteiger partial charge >= 0.3 is 0 Å². The third kappa shape index (κ3) is 5.12. The van der Waals surface area contributed by atoms with E-state index >= 15 is 0 Å². The van der Waals surface area contributed by atoms with Gasteiger partial charge in [0.05, 0.1) is 11.4 Å². The van der Waals surface area contributed by atoms with Crippen molar-refractivity contribution in [1.82, 2.24) is 9.21 Å². The zero-order valence-electron chi connectivity index (χ0n) is 16.1. The highest BCUT2D eigenvalue weighted by Crippen LogP contribution is 2.23. The van der Waals surface area contributed by atoms with E-state index in [1.54, 1.807) is 24.9 Å². The summed E-state index contributed by atoms with van der Waals surface area (Å²) in [5.41, 5.74) is 0.472. The summed E-state index contributed by atoms with van der Waals surface area (Å²) < 4.78 is 52.8. The number of nitrogens with one attached hydrogen (secondary N) is 1. The minimum atomic E-state index is -3.62. The van der Waals surface area contributed by atoms with Crippen LogP contribution in [-0.2, 0) is 14.8 Å². The molecule has 0 aliphatic heterocycles. The third-order valence-electron chi connectivity index (χ3n) is 4.36. The zero-order chi connectivity index (χ0) is 21.1. The highest BCUT2D eigenvalue weighted by Gasteiger charge is 2.20. The molecule has 6 nitrogen and oxygen atoms in total. The number of carbonyl (C=O) groups is 1. The van der Waals surface area contributed by atoms with E-state index in [2.05, 4.69) is 5.32 Å². The molecule has 1 N–H and O–H groups in total. The largest absolute Gasteiger partial charge is 0.325 e. The lowest BCUT2D eigenvalue weighted by Gasteiger charge is -2.25. The SMILES string of the molecule is CC(c1cc(F)ccc1F)N(C)CC(=O)Nc1cccc(S(=O)(=O)N(C)C)c1. The number of hydrogen-bond acceptors (Lipinski definition) is 4. The first kappa shape index (κ1) is 21.9. The lowest BCUT2D eigenvalue weighted by atomic mass is 10.1. The minimum Gasteiger partial charge on any atom is -0.325 e. The Morgan fingerprint density at radius 1 is 1.11 bits per heavy atom. The molecule has 0 aliphatic carbocycles. The van der Waals surface area contributed by atoms with Crippen LogP contribution in [0.15, 0.2) is 47.4 Å². The molecule has 1 amide bonds. The first-order chi connectivity index (χ1) is 13.0. The van der Waals surface area contributed by atoms with Crippen molar-refractivity contribution in [2.45, 2.75) is 17.9 Å². The number of likely N-dealkylation sites (N-methyl/N-ethyl adjacent to an activating group) is 1. The Morgan fingerprint density at radius 2 is 1.79 bits per heavy atom. The van der Waals surface area contributed by atoms with Gasteiger partial charge in [-0.15, -0.1) is 0 Å². The Balaban J connectivity index is 2.09. The van der Waals surface area contributed by atoms with Gasteiger partial charge in [-0.2, -0.15) is 0 Å². The molecule has 0 bridgehead atoms. The first-order valence-electron chi connectivity index (χ1n) is 8.50. The van der Waals surface area contributed by atoms with Crippen LogP contribution >= 0.6 is 0 Å². The zero-order valence-corrected chi connectivity index (χ0v) is 16.9. The number of carbonyl (C=O) groups excluding carboxylic acids is 1. The highest BCUT2D eigenvalue weighted by molar-refractivity contribution is 7.89. The second-order valence-corrected chi connectivity index (χ2v) is 8.77. The fourth-order valence-electron chi connectivity index (χ4n) is 2.58.